The molecule has 0 bridgehead atoms. The minimum absolute atomic E-state index is 0.297. The number of likely N-dealkylation sites (N-methyl/N-ethyl adjacent to an activating group) is 1. The van der Waals surface area contributed by atoms with Crippen molar-refractivity contribution >= 4 is 23.3 Å². The SMILES string of the molecule is Cc1cccc(Nc2cc(N3CC[C@@H](N(C)C)C3)nc(N)n2)c1. The zero-order chi connectivity index (χ0) is 16.4. The molecule has 23 heavy (non-hydrogen) atoms. The number of nitrogen functional groups attached to an aromatic ring is 1. The van der Waals surface area contributed by atoms with Gasteiger partial charge < -0.3 is 20.9 Å². The van der Waals surface area contributed by atoms with Gasteiger partial charge in [0.2, 0.25) is 5.95 Å². The summed E-state index contributed by atoms with van der Waals surface area (Å²) >= 11 is 0. The van der Waals surface area contributed by atoms with Crippen LogP contribution in [0, 0.1) is 6.92 Å². The van der Waals surface area contributed by atoms with E-state index < -0.39 is 0 Å². The Hall–Kier alpha value is -2.34. The molecule has 1 saturated heterocycles. The summed E-state index contributed by atoms with van der Waals surface area (Å²) in [4.78, 5) is 13.2. The molecule has 6 heteroatoms. The van der Waals surface area contributed by atoms with Crippen molar-refractivity contribution in [1.82, 2.24) is 14.9 Å². The third kappa shape index (κ3) is 3.71. The standard InChI is InChI=1S/C17H24N6/c1-12-5-4-6-13(9-12)19-15-10-16(21-17(18)20-15)23-8-7-14(11-23)22(2)3/h4-6,9-10,14H,7-8,11H2,1-3H3,(H3,18,19,20,21)/t14-/m1/s1. The first kappa shape index (κ1) is 15.6. The lowest BCUT2D eigenvalue weighted by Gasteiger charge is -2.21. The second-order valence-electron chi connectivity index (χ2n) is 6.32. The molecule has 1 aromatic heterocycles. The smallest absolute Gasteiger partial charge is 0.223 e. The van der Waals surface area contributed by atoms with Gasteiger partial charge in [0, 0.05) is 30.9 Å². The maximum atomic E-state index is 5.91. The van der Waals surface area contributed by atoms with E-state index in [1.807, 2.05) is 18.2 Å². The number of nitrogens with two attached hydrogens (primary N) is 1. The summed E-state index contributed by atoms with van der Waals surface area (Å²) in [6, 6.07) is 10.7. The molecule has 3 rings (SSSR count). The Kier molecular flexibility index (Phi) is 4.34. The third-order valence-corrected chi connectivity index (χ3v) is 4.24. The fourth-order valence-corrected chi connectivity index (χ4v) is 2.92. The molecule has 122 valence electrons. The van der Waals surface area contributed by atoms with Crippen molar-refractivity contribution in [3.05, 3.63) is 35.9 Å². The van der Waals surface area contributed by atoms with Gasteiger partial charge in [0.15, 0.2) is 0 Å². The molecule has 6 nitrogen and oxygen atoms in total. The number of anilines is 4. The van der Waals surface area contributed by atoms with Gasteiger partial charge in [-0.25, -0.2) is 0 Å². The highest BCUT2D eigenvalue weighted by Gasteiger charge is 2.25. The Morgan fingerprint density at radius 3 is 2.78 bits per heavy atom. The van der Waals surface area contributed by atoms with Crippen LogP contribution >= 0.6 is 0 Å². The monoisotopic (exact) mass is 312 g/mol. The maximum Gasteiger partial charge on any atom is 0.223 e. The van der Waals surface area contributed by atoms with Crippen LogP contribution in [0.3, 0.4) is 0 Å². The Morgan fingerprint density at radius 2 is 2.09 bits per heavy atom. The second-order valence-corrected chi connectivity index (χ2v) is 6.32. The Labute approximate surface area is 137 Å². The summed E-state index contributed by atoms with van der Waals surface area (Å²) < 4.78 is 0. The fraction of sp³-hybridized carbons (Fsp3) is 0.412. The molecule has 1 aliphatic heterocycles. The maximum absolute atomic E-state index is 5.91. The molecular formula is C17H24N6. The molecule has 0 radical (unpaired) electrons. The Morgan fingerprint density at radius 1 is 1.26 bits per heavy atom. The fourth-order valence-electron chi connectivity index (χ4n) is 2.92. The zero-order valence-corrected chi connectivity index (χ0v) is 14.0. The first-order valence-corrected chi connectivity index (χ1v) is 7.91. The molecular weight excluding hydrogens is 288 g/mol. The van der Waals surface area contributed by atoms with E-state index in [2.05, 4.69) is 58.2 Å². The summed E-state index contributed by atoms with van der Waals surface area (Å²) in [7, 11) is 4.24. The molecule has 1 fully saturated rings. The molecule has 0 aliphatic carbocycles. The number of hydrogen-bond donors (Lipinski definition) is 2. The minimum Gasteiger partial charge on any atom is -0.368 e. The van der Waals surface area contributed by atoms with Gasteiger partial charge >= 0.3 is 0 Å². The van der Waals surface area contributed by atoms with Crippen LogP contribution in [0.25, 0.3) is 0 Å². The lowest BCUT2D eigenvalue weighted by atomic mass is 10.2. The van der Waals surface area contributed by atoms with Crippen LogP contribution < -0.4 is 16.0 Å². The van der Waals surface area contributed by atoms with E-state index in [1.54, 1.807) is 0 Å². The van der Waals surface area contributed by atoms with Gasteiger partial charge in [-0.15, -0.1) is 0 Å². The summed E-state index contributed by atoms with van der Waals surface area (Å²) in [5, 5.41) is 3.32. The van der Waals surface area contributed by atoms with Gasteiger partial charge in [-0.2, -0.15) is 9.97 Å². The molecule has 0 saturated carbocycles. The summed E-state index contributed by atoms with van der Waals surface area (Å²) in [5.74, 6) is 1.91. The lowest BCUT2D eigenvalue weighted by Crippen LogP contribution is -2.31. The highest BCUT2D eigenvalue weighted by molar-refractivity contribution is 5.62. The molecule has 0 amide bonds. The number of nitrogens with one attached hydrogen (secondary N) is 1. The number of aromatic nitrogens is 2. The zero-order valence-electron chi connectivity index (χ0n) is 14.0. The van der Waals surface area contributed by atoms with Gasteiger partial charge in [-0.3, -0.25) is 0 Å². The highest BCUT2D eigenvalue weighted by atomic mass is 15.3. The first-order valence-electron chi connectivity index (χ1n) is 7.91. The topological polar surface area (TPSA) is 70.3 Å². The molecule has 1 aliphatic rings. The predicted molar refractivity (Wildman–Crippen MR) is 95.2 cm³/mol. The van der Waals surface area contributed by atoms with E-state index >= 15 is 0 Å². The van der Waals surface area contributed by atoms with Crippen LogP contribution in [0.15, 0.2) is 30.3 Å². The number of hydrogen-bond acceptors (Lipinski definition) is 6. The van der Waals surface area contributed by atoms with Gasteiger partial charge in [0.05, 0.1) is 0 Å². The average molecular weight is 312 g/mol. The Balaban J connectivity index is 1.80. The van der Waals surface area contributed by atoms with E-state index in [1.165, 1.54) is 5.56 Å². The quantitative estimate of drug-likeness (QED) is 0.902. The van der Waals surface area contributed by atoms with Crippen molar-refractivity contribution in [2.45, 2.75) is 19.4 Å². The van der Waals surface area contributed by atoms with E-state index in [4.69, 9.17) is 5.73 Å². The minimum atomic E-state index is 0.297. The summed E-state index contributed by atoms with van der Waals surface area (Å²) in [5.41, 5.74) is 8.11. The number of benzene rings is 1. The van der Waals surface area contributed by atoms with Gasteiger partial charge in [-0.05, 0) is 45.1 Å². The predicted octanol–water partition coefficient (Wildman–Crippen LogP) is 2.25. The average Bonchev–Trinajstić information content (AvgIpc) is 2.96. The van der Waals surface area contributed by atoms with Crippen molar-refractivity contribution < 1.29 is 0 Å². The molecule has 0 unspecified atom stereocenters. The number of aryl methyl sites for hydroxylation is 1. The van der Waals surface area contributed by atoms with Crippen LogP contribution in [0.1, 0.15) is 12.0 Å². The van der Waals surface area contributed by atoms with Crippen LogP contribution in [0.5, 0.6) is 0 Å². The lowest BCUT2D eigenvalue weighted by molar-refractivity contribution is 0.315. The van der Waals surface area contributed by atoms with Gasteiger partial charge in [0.1, 0.15) is 11.6 Å². The van der Waals surface area contributed by atoms with Crippen LogP contribution in [0.2, 0.25) is 0 Å². The highest BCUT2D eigenvalue weighted by Crippen LogP contribution is 2.25. The summed E-state index contributed by atoms with van der Waals surface area (Å²) in [6.45, 7) is 4.02. The molecule has 2 aromatic rings. The normalized spacial score (nSPS) is 17.7. The van der Waals surface area contributed by atoms with Crippen molar-refractivity contribution in [2.75, 3.05) is 43.1 Å². The Bertz CT molecular complexity index is 685. The first-order chi connectivity index (χ1) is 11.0. The van der Waals surface area contributed by atoms with E-state index in [9.17, 15) is 0 Å². The summed E-state index contributed by atoms with van der Waals surface area (Å²) in [6.07, 6.45) is 1.14. The van der Waals surface area contributed by atoms with Gasteiger partial charge in [0.25, 0.3) is 0 Å². The molecule has 3 N–H and O–H groups in total. The van der Waals surface area contributed by atoms with Crippen LogP contribution in [0.4, 0.5) is 23.3 Å². The van der Waals surface area contributed by atoms with Crippen molar-refractivity contribution in [1.29, 1.82) is 0 Å². The number of nitrogens with zero attached hydrogens (tertiary/aromatic N) is 4. The van der Waals surface area contributed by atoms with Crippen LogP contribution in [-0.4, -0.2) is 48.1 Å². The largest absolute Gasteiger partial charge is 0.368 e. The number of rotatable bonds is 4. The van der Waals surface area contributed by atoms with E-state index in [-0.39, 0.29) is 0 Å². The molecule has 0 spiro atoms. The van der Waals surface area contributed by atoms with Crippen LogP contribution in [-0.2, 0) is 0 Å². The second kappa shape index (κ2) is 6.42. The van der Waals surface area contributed by atoms with Crippen molar-refractivity contribution in [3.8, 4) is 0 Å². The molecule has 2 heterocycles. The third-order valence-electron chi connectivity index (χ3n) is 4.24. The van der Waals surface area contributed by atoms with Crippen molar-refractivity contribution in [2.24, 2.45) is 0 Å². The molecule has 1 atom stereocenters. The van der Waals surface area contributed by atoms with E-state index in [0.717, 1.165) is 36.8 Å². The van der Waals surface area contributed by atoms with E-state index in [0.29, 0.717) is 12.0 Å². The molecule has 1 aromatic carbocycles. The van der Waals surface area contributed by atoms with Crippen molar-refractivity contribution in [3.63, 3.8) is 0 Å². The van der Waals surface area contributed by atoms with Gasteiger partial charge in [-0.1, -0.05) is 12.1 Å².